The summed E-state index contributed by atoms with van der Waals surface area (Å²) in [5, 5.41) is 0. The molecule has 0 saturated heterocycles. The molecule has 0 spiro atoms. The van der Waals surface area contributed by atoms with E-state index in [0.717, 1.165) is 19.3 Å². The van der Waals surface area contributed by atoms with Crippen molar-refractivity contribution in [3.63, 3.8) is 0 Å². The van der Waals surface area contributed by atoms with Crippen molar-refractivity contribution in [2.75, 3.05) is 7.11 Å². The van der Waals surface area contributed by atoms with E-state index in [1.54, 1.807) is 0 Å². The number of esters is 2. The summed E-state index contributed by atoms with van der Waals surface area (Å²) in [7, 11) is 1.39. The minimum atomic E-state index is -0.433. The largest absolute Gasteiger partial charge is 0.469 e. The third-order valence-corrected chi connectivity index (χ3v) is 2.96. The average molecular weight is 242 g/mol. The summed E-state index contributed by atoms with van der Waals surface area (Å²) in [6.07, 6.45) is 2.87. The lowest BCUT2D eigenvalue weighted by Crippen LogP contribution is -2.27. The van der Waals surface area contributed by atoms with Crippen molar-refractivity contribution in [3.05, 3.63) is 0 Å². The molecule has 0 unspecified atom stereocenters. The molecule has 0 heterocycles. The van der Waals surface area contributed by atoms with E-state index in [2.05, 4.69) is 4.74 Å². The van der Waals surface area contributed by atoms with Gasteiger partial charge in [-0.3, -0.25) is 9.59 Å². The molecule has 0 aromatic rings. The first-order valence-electron chi connectivity index (χ1n) is 6.11. The maximum atomic E-state index is 11.8. The number of hydrogen-bond donors (Lipinski definition) is 0. The van der Waals surface area contributed by atoms with Crippen LogP contribution in [-0.2, 0) is 19.1 Å². The second-order valence-corrected chi connectivity index (χ2v) is 5.69. The molecule has 1 aliphatic carbocycles. The molecular formula is C13H22O4. The van der Waals surface area contributed by atoms with Crippen LogP contribution in [0.5, 0.6) is 0 Å². The Balaban J connectivity index is 2.39. The lowest BCUT2D eigenvalue weighted by atomic mass is 10.0. The van der Waals surface area contributed by atoms with Crippen molar-refractivity contribution < 1.29 is 19.1 Å². The van der Waals surface area contributed by atoms with E-state index in [1.165, 1.54) is 7.11 Å². The standard InChI is InChI=1S/C13H22O4/c1-13(2,3)17-12(15)10-6-5-9(7-10)8-11(14)16-4/h9-10H,5-8H2,1-4H3/t9-,10-/m1/s1. The summed E-state index contributed by atoms with van der Waals surface area (Å²) in [5.41, 5.74) is -0.433. The first-order chi connectivity index (χ1) is 7.81. The first-order valence-corrected chi connectivity index (χ1v) is 6.11. The van der Waals surface area contributed by atoms with Gasteiger partial charge in [-0.1, -0.05) is 0 Å². The summed E-state index contributed by atoms with van der Waals surface area (Å²) in [6, 6.07) is 0. The van der Waals surface area contributed by atoms with E-state index < -0.39 is 5.60 Å². The molecule has 0 aromatic carbocycles. The number of ether oxygens (including phenoxy) is 2. The van der Waals surface area contributed by atoms with E-state index in [0.29, 0.717) is 6.42 Å². The lowest BCUT2D eigenvalue weighted by Gasteiger charge is -2.22. The van der Waals surface area contributed by atoms with Crippen molar-refractivity contribution in [2.24, 2.45) is 11.8 Å². The van der Waals surface area contributed by atoms with Gasteiger partial charge in [0.25, 0.3) is 0 Å². The fraction of sp³-hybridized carbons (Fsp3) is 0.846. The van der Waals surface area contributed by atoms with Crippen LogP contribution >= 0.6 is 0 Å². The number of methoxy groups -OCH3 is 1. The molecule has 1 saturated carbocycles. The third kappa shape index (κ3) is 4.75. The van der Waals surface area contributed by atoms with E-state index in [1.807, 2.05) is 20.8 Å². The number of hydrogen-bond acceptors (Lipinski definition) is 4. The van der Waals surface area contributed by atoms with Crippen molar-refractivity contribution in [1.82, 2.24) is 0 Å². The zero-order chi connectivity index (χ0) is 13.1. The second kappa shape index (κ2) is 5.52. The number of rotatable bonds is 3. The van der Waals surface area contributed by atoms with Crippen LogP contribution in [0.25, 0.3) is 0 Å². The predicted molar refractivity (Wildman–Crippen MR) is 63.3 cm³/mol. The lowest BCUT2D eigenvalue weighted by molar-refractivity contribution is -0.160. The molecule has 4 nitrogen and oxygen atoms in total. The Bertz CT molecular complexity index is 290. The Hall–Kier alpha value is -1.06. The summed E-state index contributed by atoms with van der Waals surface area (Å²) >= 11 is 0. The van der Waals surface area contributed by atoms with E-state index in [9.17, 15) is 9.59 Å². The minimum absolute atomic E-state index is 0.0520. The van der Waals surface area contributed by atoms with E-state index >= 15 is 0 Å². The molecule has 0 amide bonds. The van der Waals surface area contributed by atoms with Crippen LogP contribution in [-0.4, -0.2) is 24.6 Å². The first kappa shape index (κ1) is 14.0. The van der Waals surface area contributed by atoms with Crippen LogP contribution in [0.15, 0.2) is 0 Å². The molecule has 1 rings (SSSR count). The molecule has 0 bridgehead atoms. The predicted octanol–water partition coefficient (Wildman–Crippen LogP) is 2.31. The molecule has 98 valence electrons. The van der Waals surface area contributed by atoms with E-state index in [4.69, 9.17) is 4.74 Å². The molecule has 17 heavy (non-hydrogen) atoms. The van der Waals surface area contributed by atoms with Crippen molar-refractivity contribution in [3.8, 4) is 0 Å². The van der Waals surface area contributed by atoms with Gasteiger partial charge in [0.15, 0.2) is 0 Å². The Morgan fingerprint density at radius 2 is 1.88 bits per heavy atom. The Kier molecular flexibility index (Phi) is 4.54. The van der Waals surface area contributed by atoms with Crippen LogP contribution in [0.2, 0.25) is 0 Å². The van der Waals surface area contributed by atoms with E-state index in [-0.39, 0.29) is 23.8 Å². The molecule has 0 radical (unpaired) electrons. The summed E-state index contributed by atoms with van der Waals surface area (Å²) in [5.74, 6) is -0.117. The second-order valence-electron chi connectivity index (χ2n) is 5.69. The zero-order valence-corrected chi connectivity index (χ0v) is 11.1. The fourth-order valence-electron chi connectivity index (χ4n) is 2.18. The highest BCUT2D eigenvalue weighted by Crippen LogP contribution is 2.34. The highest BCUT2D eigenvalue weighted by Gasteiger charge is 2.33. The minimum Gasteiger partial charge on any atom is -0.469 e. The van der Waals surface area contributed by atoms with Gasteiger partial charge in [-0.25, -0.2) is 0 Å². The topological polar surface area (TPSA) is 52.6 Å². The zero-order valence-electron chi connectivity index (χ0n) is 11.1. The molecule has 2 atom stereocenters. The van der Waals surface area contributed by atoms with Gasteiger partial charge >= 0.3 is 11.9 Å². The Labute approximate surface area is 103 Å². The normalized spacial score (nSPS) is 24.5. The summed E-state index contributed by atoms with van der Waals surface area (Å²) in [6.45, 7) is 5.60. The molecule has 1 fully saturated rings. The van der Waals surface area contributed by atoms with Crippen LogP contribution < -0.4 is 0 Å². The van der Waals surface area contributed by atoms with Gasteiger partial charge in [0.05, 0.1) is 13.0 Å². The summed E-state index contributed by atoms with van der Waals surface area (Å²) in [4.78, 5) is 23.0. The van der Waals surface area contributed by atoms with Gasteiger partial charge in [0, 0.05) is 6.42 Å². The van der Waals surface area contributed by atoms with Gasteiger partial charge in [-0.15, -0.1) is 0 Å². The average Bonchev–Trinajstić information content (AvgIpc) is 2.63. The molecule has 0 aliphatic heterocycles. The van der Waals surface area contributed by atoms with Crippen LogP contribution in [0.3, 0.4) is 0 Å². The monoisotopic (exact) mass is 242 g/mol. The maximum Gasteiger partial charge on any atom is 0.309 e. The van der Waals surface area contributed by atoms with Crippen molar-refractivity contribution >= 4 is 11.9 Å². The van der Waals surface area contributed by atoms with Gasteiger partial charge in [-0.2, -0.15) is 0 Å². The third-order valence-electron chi connectivity index (χ3n) is 2.96. The molecule has 0 aromatic heterocycles. The van der Waals surface area contributed by atoms with Crippen LogP contribution in [0.1, 0.15) is 46.5 Å². The number of carbonyl (C=O) groups is 2. The highest BCUT2D eigenvalue weighted by atomic mass is 16.6. The van der Waals surface area contributed by atoms with Gasteiger partial charge in [0.2, 0.25) is 0 Å². The van der Waals surface area contributed by atoms with Gasteiger partial charge in [0.1, 0.15) is 5.60 Å². The Morgan fingerprint density at radius 1 is 1.24 bits per heavy atom. The Morgan fingerprint density at radius 3 is 2.41 bits per heavy atom. The smallest absolute Gasteiger partial charge is 0.309 e. The SMILES string of the molecule is COC(=O)C[C@@H]1CC[C@@H](C(=O)OC(C)(C)C)C1. The van der Waals surface area contributed by atoms with Crippen molar-refractivity contribution in [1.29, 1.82) is 0 Å². The molecule has 1 aliphatic rings. The van der Waals surface area contributed by atoms with Crippen LogP contribution in [0, 0.1) is 11.8 Å². The quantitative estimate of drug-likeness (QED) is 0.713. The number of carbonyl (C=O) groups excluding carboxylic acids is 2. The highest BCUT2D eigenvalue weighted by molar-refractivity contribution is 5.74. The molecular weight excluding hydrogens is 220 g/mol. The van der Waals surface area contributed by atoms with Crippen molar-refractivity contribution in [2.45, 2.75) is 52.1 Å². The van der Waals surface area contributed by atoms with Gasteiger partial charge in [-0.05, 0) is 46.0 Å². The molecule has 4 heteroatoms. The van der Waals surface area contributed by atoms with Crippen LogP contribution in [0.4, 0.5) is 0 Å². The fourth-order valence-corrected chi connectivity index (χ4v) is 2.18. The maximum absolute atomic E-state index is 11.8. The summed E-state index contributed by atoms with van der Waals surface area (Å²) < 4.78 is 9.98. The molecule has 0 N–H and O–H groups in total. The van der Waals surface area contributed by atoms with Gasteiger partial charge < -0.3 is 9.47 Å².